The van der Waals surface area contributed by atoms with E-state index in [9.17, 15) is 8.42 Å². The van der Waals surface area contributed by atoms with Crippen molar-refractivity contribution in [3.05, 3.63) is 17.5 Å². The molecule has 2 aliphatic rings. The van der Waals surface area contributed by atoms with E-state index in [1.54, 1.807) is 21.8 Å². The molecule has 2 saturated heterocycles. The Morgan fingerprint density at radius 1 is 1.30 bits per heavy atom. The molecule has 0 saturated carbocycles. The van der Waals surface area contributed by atoms with E-state index in [2.05, 4.69) is 4.90 Å². The van der Waals surface area contributed by atoms with Crippen LogP contribution in [-0.2, 0) is 14.8 Å². The molecule has 0 amide bonds. The molecule has 1 aromatic heterocycles. The zero-order valence-electron chi connectivity index (χ0n) is 11.4. The van der Waals surface area contributed by atoms with Gasteiger partial charge in [0, 0.05) is 39.3 Å². The lowest BCUT2D eigenvalue weighted by molar-refractivity contribution is 0.0617. The Hall–Kier alpha value is -0.470. The first-order valence-corrected chi connectivity index (χ1v) is 9.36. The molecule has 1 atom stereocenters. The quantitative estimate of drug-likeness (QED) is 0.838. The molecular weight excluding hydrogens is 296 g/mol. The summed E-state index contributed by atoms with van der Waals surface area (Å²) in [5.41, 5.74) is 0. The molecule has 2 aliphatic heterocycles. The summed E-state index contributed by atoms with van der Waals surface area (Å²) >= 11 is 1.29. The van der Waals surface area contributed by atoms with E-state index >= 15 is 0 Å². The van der Waals surface area contributed by atoms with Crippen LogP contribution in [0.3, 0.4) is 0 Å². The summed E-state index contributed by atoms with van der Waals surface area (Å²) in [6, 6.07) is 3.46. The van der Waals surface area contributed by atoms with Crippen molar-refractivity contribution in [1.29, 1.82) is 0 Å². The zero-order chi connectivity index (χ0) is 14.0. The second-order valence-corrected chi connectivity index (χ2v) is 8.38. The fourth-order valence-corrected chi connectivity index (χ4v) is 5.33. The van der Waals surface area contributed by atoms with Crippen LogP contribution < -0.4 is 0 Å². The number of nitrogens with zero attached hydrogens (tertiary/aromatic N) is 2. The van der Waals surface area contributed by atoms with Crippen LogP contribution >= 0.6 is 11.3 Å². The highest BCUT2D eigenvalue weighted by molar-refractivity contribution is 7.91. The van der Waals surface area contributed by atoms with E-state index in [1.165, 1.54) is 11.3 Å². The molecule has 0 radical (unpaired) electrons. The van der Waals surface area contributed by atoms with Crippen molar-refractivity contribution in [2.24, 2.45) is 0 Å². The SMILES string of the molecule is O=S(=O)(c1cccs1)N1CCN(C[C@H]2CCCO2)CC1. The average Bonchev–Trinajstić information content (AvgIpc) is 3.12. The summed E-state index contributed by atoms with van der Waals surface area (Å²) in [5, 5.41) is 1.81. The van der Waals surface area contributed by atoms with Gasteiger partial charge in [-0.3, -0.25) is 4.90 Å². The fourth-order valence-electron chi connectivity index (χ4n) is 2.77. The number of thiophene rings is 1. The molecule has 1 aromatic rings. The van der Waals surface area contributed by atoms with Crippen LogP contribution in [0, 0.1) is 0 Å². The third-order valence-electron chi connectivity index (χ3n) is 3.91. The molecule has 0 spiro atoms. The molecule has 3 heterocycles. The van der Waals surface area contributed by atoms with E-state index in [-0.39, 0.29) is 0 Å². The van der Waals surface area contributed by atoms with Crippen LogP contribution in [0.15, 0.2) is 21.7 Å². The Balaban J connectivity index is 1.55. The van der Waals surface area contributed by atoms with Crippen LogP contribution in [0.1, 0.15) is 12.8 Å². The van der Waals surface area contributed by atoms with Gasteiger partial charge in [0.2, 0.25) is 0 Å². The predicted octanol–water partition coefficient (Wildman–Crippen LogP) is 1.23. The Labute approximate surface area is 124 Å². The summed E-state index contributed by atoms with van der Waals surface area (Å²) in [4.78, 5) is 2.32. The maximum absolute atomic E-state index is 12.4. The average molecular weight is 316 g/mol. The summed E-state index contributed by atoms with van der Waals surface area (Å²) in [5.74, 6) is 0. The first-order valence-electron chi connectivity index (χ1n) is 7.04. The van der Waals surface area contributed by atoms with Gasteiger partial charge in [-0.05, 0) is 24.3 Å². The largest absolute Gasteiger partial charge is 0.377 e. The standard InChI is InChI=1S/C13H20N2O3S2/c16-20(17,13-4-2-10-19-13)15-7-5-14(6-8-15)11-12-3-1-9-18-12/h2,4,10,12H,1,3,5-9,11H2/t12-/m1/s1. The van der Waals surface area contributed by atoms with Crippen LogP contribution in [0.2, 0.25) is 0 Å². The van der Waals surface area contributed by atoms with Gasteiger partial charge in [-0.1, -0.05) is 6.07 Å². The highest BCUT2D eigenvalue weighted by Crippen LogP contribution is 2.22. The Morgan fingerprint density at radius 2 is 2.10 bits per heavy atom. The van der Waals surface area contributed by atoms with E-state index in [0.29, 0.717) is 23.4 Å². The summed E-state index contributed by atoms with van der Waals surface area (Å²) in [6.07, 6.45) is 2.63. The second kappa shape index (κ2) is 6.11. The van der Waals surface area contributed by atoms with Gasteiger partial charge in [-0.25, -0.2) is 8.42 Å². The van der Waals surface area contributed by atoms with E-state index in [4.69, 9.17) is 4.74 Å². The van der Waals surface area contributed by atoms with Gasteiger partial charge in [0.05, 0.1) is 6.10 Å². The molecule has 0 bridgehead atoms. The van der Waals surface area contributed by atoms with Crippen molar-refractivity contribution < 1.29 is 13.2 Å². The Kier molecular flexibility index (Phi) is 4.42. The predicted molar refractivity (Wildman–Crippen MR) is 78.5 cm³/mol. The Morgan fingerprint density at radius 3 is 2.70 bits per heavy atom. The number of rotatable bonds is 4. The molecule has 2 fully saturated rings. The molecule has 5 nitrogen and oxygen atoms in total. The number of hydrogen-bond donors (Lipinski definition) is 0. The number of ether oxygens (including phenoxy) is 1. The monoisotopic (exact) mass is 316 g/mol. The van der Waals surface area contributed by atoms with E-state index in [1.807, 2.05) is 0 Å². The van der Waals surface area contributed by atoms with Crippen LogP contribution in [0.25, 0.3) is 0 Å². The van der Waals surface area contributed by atoms with Crippen molar-refractivity contribution >= 4 is 21.4 Å². The van der Waals surface area contributed by atoms with Crippen LogP contribution in [-0.4, -0.2) is 63.1 Å². The molecule has 0 unspecified atom stereocenters. The van der Waals surface area contributed by atoms with Crippen LogP contribution in [0.4, 0.5) is 0 Å². The first-order chi connectivity index (χ1) is 9.66. The van der Waals surface area contributed by atoms with Gasteiger partial charge >= 0.3 is 0 Å². The maximum Gasteiger partial charge on any atom is 0.252 e. The lowest BCUT2D eigenvalue weighted by Crippen LogP contribution is -2.50. The maximum atomic E-state index is 12.4. The van der Waals surface area contributed by atoms with Gasteiger partial charge in [0.15, 0.2) is 0 Å². The summed E-state index contributed by atoms with van der Waals surface area (Å²) in [7, 11) is -3.28. The minimum Gasteiger partial charge on any atom is -0.377 e. The van der Waals surface area contributed by atoms with Crippen molar-refractivity contribution in [2.45, 2.75) is 23.2 Å². The molecule has 20 heavy (non-hydrogen) atoms. The first kappa shape index (κ1) is 14.5. The van der Waals surface area contributed by atoms with Gasteiger partial charge < -0.3 is 4.74 Å². The number of hydrogen-bond acceptors (Lipinski definition) is 5. The smallest absolute Gasteiger partial charge is 0.252 e. The minimum absolute atomic E-state index is 0.343. The summed E-state index contributed by atoms with van der Waals surface area (Å²) in [6.45, 7) is 4.55. The summed E-state index contributed by atoms with van der Waals surface area (Å²) < 4.78 is 32.5. The molecule has 7 heteroatoms. The normalized spacial score (nSPS) is 26.1. The van der Waals surface area contributed by atoms with Crippen molar-refractivity contribution in [1.82, 2.24) is 9.21 Å². The Bertz CT molecular complexity index is 516. The van der Waals surface area contributed by atoms with Gasteiger partial charge in [0.25, 0.3) is 10.0 Å². The number of sulfonamides is 1. The molecule has 0 aromatic carbocycles. The zero-order valence-corrected chi connectivity index (χ0v) is 13.0. The van der Waals surface area contributed by atoms with Gasteiger partial charge in [-0.2, -0.15) is 4.31 Å². The van der Waals surface area contributed by atoms with Crippen molar-refractivity contribution in [3.63, 3.8) is 0 Å². The lowest BCUT2D eigenvalue weighted by Gasteiger charge is -2.34. The van der Waals surface area contributed by atoms with Crippen LogP contribution in [0.5, 0.6) is 0 Å². The fraction of sp³-hybridized carbons (Fsp3) is 0.692. The molecule has 112 valence electrons. The third kappa shape index (κ3) is 3.07. The minimum atomic E-state index is -3.28. The van der Waals surface area contributed by atoms with E-state index < -0.39 is 10.0 Å². The number of piperazine rings is 1. The molecule has 0 aliphatic carbocycles. The van der Waals surface area contributed by atoms with Gasteiger partial charge in [-0.15, -0.1) is 11.3 Å². The highest BCUT2D eigenvalue weighted by atomic mass is 32.2. The van der Waals surface area contributed by atoms with Crippen molar-refractivity contribution in [3.8, 4) is 0 Å². The third-order valence-corrected chi connectivity index (χ3v) is 7.18. The van der Waals surface area contributed by atoms with E-state index in [0.717, 1.165) is 39.1 Å². The van der Waals surface area contributed by atoms with Gasteiger partial charge in [0.1, 0.15) is 4.21 Å². The topological polar surface area (TPSA) is 49.9 Å². The molecule has 0 N–H and O–H groups in total. The van der Waals surface area contributed by atoms with Crippen molar-refractivity contribution in [2.75, 3.05) is 39.3 Å². The lowest BCUT2D eigenvalue weighted by atomic mass is 10.2. The second-order valence-electron chi connectivity index (χ2n) is 5.27. The molecule has 3 rings (SSSR count). The highest BCUT2D eigenvalue weighted by Gasteiger charge is 2.30. The molecular formula is C13H20N2O3S2.